The van der Waals surface area contributed by atoms with Crippen molar-refractivity contribution in [2.45, 2.75) is 59.6 Å². The van der Waals surface area contributed by atoms with Crippen molar-refractivity contribution in [2.75, 3.05) is 13.1 Å². The van der Waals surface area contributed by atoms with E-state index >= 15 is 0 Å². The van der Waals surface area contributed by atoms with Crippen LogP contribution in [-0.2, 0) is 9.53 Å². The molecule has 0 saturated heterocycles. The van der Waals surface area contributed by atoms with E-state index in [0.29, 0.717) is 24.5 Å². The molecular formula is C26H32N6O3S. The number of hydrogen-bond acceptors (Lipinski definition) is 8. The number of carbonyl (C=O) groups is 2. The number of carbonyl (C=O) groups excluding carboxylic acids is 2. The number of thiophene rings is 1. The minimum atomic E-state index is -0.607. The summed E-state index contributed by atoms with van der Waals surface area (Å²) in [5.74, 6) is 0.800. The van der Waals surface area contributed by atoms with Crippen molar-refractivity contribution >= 4 is 28.9 Å². The number of aromatic nitrogens is 3. The number of ether oxygens (including phenoxy) is 1. The van der Waals surface area contributed by atoms with Crippen LogP contribution in [0.1, 0.15) is 76.8 Å². The first-order chi connectivity index (χ1) is 17.0. The van der Waals surface area contributed by atoms with E-state index < -0.39 is 11.6 Å². The molecule has 1 atom stereocenters. The Balaban J connectivity index is 1.82. The summed E-state index contributed by atoms with van der Waals surface area (Å²) in [7, 11) is 0. The normalized spacial score (nSPS) is 15.0. The molecule has 0 unspecified atom stereocenters. The van der Waals surface area contributed by atoms with Crippen LogP contribution < -0.4 is 11.1 Å². The molecular weight excluding hydrogens is 476 g/mol. The molecule has 3 N–H and O–H groups in total. The quantitative estimate of drug-likeness (QED) is 0.491. The summed E-state index contributed by atoms with van der Waals surface area (Å²) in [5, 5.41) is 12.5. The van der Waals surface area contributed by atoms with Gasteiger partial charge in [-0.3, -0.25) is 19.1 Å². The zero-order valence-corrected chi connectivity index (χ0v) is 22.3. The van der Waals surface area contributed by atoms with Crippen LogP contribution >= 0.6 is 11.3 Å². The van der Waals surface area contributed by atoms with Crippen molar-refractivity contribution < 1.29 is 14.3 Å². The van der Waals surface area contributed by atoms with Crippen LogP contribution in [0.2, 0.25) is 0 Å². The highest BCUT2D eigenvalue weighted by molar-refractivity contribution is 7.15. The third kappa shape index (κ3) is 5.10. The third-order valence-corrected chi connectivity index (χ3v) is 7.06. The molecule has 0 spiro atoms. The van der Waals surface area contributed by atoms with Crippen LogP contribution in [-0.4, -0.2) is 51.0 Å². The minimum Gasteiger partial charge on any atom is -0.460 e. The van der Waals surface area contributed by atoms with Crippen molar-refractivity contribution in [3.8, 4) is 5.00 Å². The number of nitrogens with one attached hydrogen (secondary N) is 1. The molecule has 4 rings (SSSR count). The van der Waals surface area contributed by atoms with Crippen molar-refractivity contribution in [1.29, 1.82) is 0 Å². The number of rotatable bonds is 6. The number of aryl methyl sites for hydroxylation is 2. The van der Waals surface area contributed by atoms with Crippen LogP contribution in [0.15, 0.2) is 29.3 Å². The monoisotopic (exact) mass is 508 g/mol. The third-order valence-electron chi connectivity index (χ3n) is 5.87. The standard InChI is InChI=1S/C26H32N6O3S/c1-14-15(2)36-25-21(14)22(17-7-9-18(10-8-17)24(34)28-12-11-27)29-19(13-20(33)35-26(4,5)6)23-31-30-16(3)32(23)25/h7-10,19H,11-13,27H2,1-6H3,(H,28,34)/t19-/m0/s1. The fourth-order valence-electron chi connectivity index (χ4n) is 4.13. The van der Waals surface area contributed by atoms with Gasteiger partial charge in [0.25, 0.3) is 5.91 Å². The van der Waals surface area contributed by atoms with Crippen LogP contribution in [0.5, 0.6) is 0 Å². The lowest BCUT2D eigenvalue weighted by Crippen LogP contribution is -2.28. The predicted octanol–water partition coefficient (Wildman–Crippen LogP) is 3.57. The Morgan fingerprint density at radius 1 is 1.14 bits per heavy atom. The highest BCUT2D eigenvalue weighted by Crippen LogP contribution is 2.39. The van der Waals surface area contributed by atoms with E-state index in [4.69, 9.17) is 15.5 Å². The van der Waals surface area contributed by atoms with Gasteiger partial charge in [-0.1, -0.05) is 12.1 Å². The summed E-state index contributed by atoms with van der Waals surface area (Å²) in [6.07, 6.45) is 0.0332. The van der Waals surface area contributed by atoms with E-state index in [1.54, 1.807) is 23.5 Å². The summed E-state index contributed by atoms with van der Waals surface area (Å²) < 4.78 is 7.60. The molecule has 1 aromatic carbocycles. The van der Waals surface area contributed by atoms with E-state index in [-0.39, 0.29) is 18.3 Å². The number of fused-ring (bicyclic) bond motifs is 3. The molecule has 10 heteroatoms. The number of amides is 1. The summed E-state index contributed by atoms with van der Waals surface area (Å²) in [6.45, 7) is 12.4. The Hall–Kier alpha value is -3.37. The smallest absolute Gasteiger partial charge is 0.308 e. The van der Waals surface area contributed by atoms with Gasteiger partial charge in [0.05, 0.1) is 12.1 Å². The van der Waals surface area contributed by atoms with Crippen LogP contribution in [0.25, 0.3) is 5.00 Å². The lowest BCUT2D eigenvalue weighted by atomic mass is 9.98. The van der Waals surface area contributed by atoms with Gasteiger partial charge in [0, 0.05) is 34.7 Å². The molecule has 1 aliphatic heterocycles. The lowest BCUT2D eigenvalue weighted by molar-refractivity contribution is -0.155. The summed E-state index contributed by atoms with van der Waals surface area (Å²) in [4.78, 5) is 31.5. The van der Waals surface area contributed by atoms with Gasteiger partial charge < -0.3 is 15.8 Å². The minimum absolute atomic E-state index is 0.0332. The van der Waals surface area contributed by atoms with E-state index in [1.807, 2.05) is 44.4 Å². The highest BCUT2D eigenvalue weighted by Gasteiger charge is 2.33. The maximum absolute atomic E-state index is 12.8. The average Bonchev–Trinajstić information content (AvgIpc) is 3.28. The Morgan fingerprint density at radius 3 is 2.47 bits per heavy atom. The second-order valence-corrected chi connectivity index (χ2v) is 11.0. The number of aliphatic imine (C=N–C) groups is 1. The zero-order valence-electron chi connectivity index (χ0n) is 21.5. The number of hydrogen-bond donors (Lipinski definition) is 2. The van der Waals surface area contributed by atoms with E-state index in [0.717, 1.165) is 38.1 Å². The molecule has 1 aliphatic rings. The highest BCUT2D eigenvalue weighted by atomic mass is 32.1. The van der Waals surface area contributed by atoms with Crippen LogP contribution in [0.4, 0.5) is 0 Å². The van der Waals surface area contributed by atoms with Gasteiger partial charge in [0.15, 0.2) is 5.82 Å². The van der Waals surface area contributed by atoms with Gasteiger partial charge in [-0.2, -0.15) is 0 Å². The molecule has 0 aliphatic carbocycles. The fraction of sp³-hybridized carbons (Fsp3) is 0.423. The number of esters is 1. The first kappa shape index (κ1) is 25.7. The Bertz CT molecular complexity index is 1330. The summed E-state index contributed by atoms with van der Waals surface area (Å²) in [5.41, 5.74) is 9.11. The molecule has 9 nitrogen and oxygen atoms in total. The molecule has 190 valence electrons. The van der Waals surface area contributed by atoms with Crippen molar-refractivity contribution in [2.24, 2.45) is 10.7 Å². The van der Waals surface area contributed by atoms with Gasteiger partial charge in [-0.25, -0.2) is 0 Å². The maximum Gasteiger partial charge on any atom is 0.308 e. The van der Waals surface area contributed by atoms with Crippen LogP contribution in [0, 0.1) is 20.8 Å². The van der Waals surface area contributed by atoms with Crippen molar-refractivity contribution in [1.82, 2.24) is 20.1 Å². The fourth-order valence-corrected chi connectivity index (χ4v) is 5.35. The Kier molecular flexibility index (Phi) is 7.10. The van der Waals surface area contributed by atoms with Gasteiger partial charge in [-0.05, 0) is 59.2 Å². The Morgan fingerprint density at radius 2 is 1.83 bits per heavy atom. The molecule has 0 bridgehead atoms. The molecule has 36 heavy (non-hydrogen) atoms. The number of nitrogens with two attached hydrogens (primary N) is 1. The zero-order chi connectivity index (χ0) is 26.2. The lowest BCUT2D eigenvalue weighted by Gasteiger charge is -2.21. The Labute approximate surface area is 214 Å². The van der Waals surface area contributed by atoms with Gasteiger partial charge >= 0.3 is 5.97 Å². The molecule has 0 saturated carbocycles. The van der Waals surface area contributed by atoms with E-state index in [2.05, 4.69) is 29.4 Å². The SMILES string of the molecule is Cc1sc2c(c1C)C(c1ccc(C(=O)NCCN)cc1)=N[C@@H](CC(=O)OC(C)(C)C)c1nnc(C)n1-2. The number of benzene rings is 1. The van der Waals surface area contributed by atoms with Gasteiger partial charge in [0.1, 0.15) is 22.5 Å². The summed E-state index contributed by atoms with van der Waals surface area (Å²) >= 11 is 1.65. The average molecular weight is 509 g/mol. The molecule has 1 amide bonds. The molecule has 3 aromatic rings. The first-order valence-electron chi connectivity index (χ1n) is 11.9. The van der Waals surface area contributed by atoms with E-state index in [9.17, 15) is 9.59 Å². The van der Waals surface area contributed by atoms with Gasteiger partial charge in [0.2, 0.25) is 0 Å². The number of nitrogens with zero attached hydrogens (tertiary/aromatic N) is 4. The van der Waals surface area contributed by atoms with Crippen molar-refractivity contribution in [3.63, 3.8) is 0 Å². The predicted molar refractivity (Wildman–Crippen MR) is 140 cm³/mol. The van der Waals surface area contributed by atoms with Crippen LogP contribution in [0.3, 0.4) is 0 Å². The van der Waals surface area contributed by atoms with Crippen molar-refractivity contribution in [3.05, 3.63) is 63.0 Å². The largest absolute Gasteiger partial charge is 0.460 e. The maximum atomic E-state index is 12.8. The topological polar surface area (TPSA) is 124 Å². The van der Waals surface area contributed by atoms with Gasteiger partial charge in [-0.15, -0.1) is 21.5 Å². The molecule has 0 fully saturated rings. The molecule has 0 radical (unpaired) electrons. The molecule has 2 aromatic heterocycles. The first-order valence-corrected chi connectivity index (χ1v) is 12.7. The molecule has 3 heterocycles. The van der Waals surface area contributed by atoms with E-state index in [1.165, 1.54) is 0 Å². The summed E-state index contributed by atoms with van der Waals surface area (Å²) in [6, 6.07) is 6.74. The second-order valence-electron chi connectivity index (χ2n) is 9.81. The second kappa shape index (κ2) is 9.94.